The zero-order chi connectivity index (χ0) is 12.0. The summed E-state index contributed by atoms with van der Waals surface area (Å²) in [4.78, 5) is 0. The van der Waals surface area contributed by atoms with E-state index in [0.717, 1.165) is 6.54 Å². The van der Waals surface area contributed by atoms with E-state index in [4.69, 9.17) is 0 Å². The van der Waals surface area contributed by atoms with Gasteiger partial charge in [0.05, 0.1) is 0 Å². The van der Waals surface area contributed by atoms with E-state index in [1.54, 1.807) is 0 Å². The second-order valence-corrected chi connectivity index (χ2v) is 4.99. The first-order valence-electron chi connectivity index (χ1n) is 6.41. The van der Waals surface area contributed by atoms with Crippen molar-refractivity contribution in [1.82, 2.24) is 5.32 Å². The second kappa shape index (κ2) is 6.05. The highest BCUT2D eigenvalue weighted by atomic mass is 14.9. The third kappa shape index (κ3) is 3.08. The van der Waals surface area contributed by atoms with Crippen LogP contribution in [0.4, 0.5) is 0 Å². The van der Waals surface area contributed by atoms with Crippen molar-refractivity contribution < 1.29 is 0 Å². The summed E-state index contributed by atoms with van der Waals surface area (Å²) >= 11 is 0. The molecule has 0 heterocycles. The molecule has 1 nitrogen and oxygen atoms in total. The Kier molecular flexibility index (Phi) is 5.01. The lowest BCUT2D eigenvalue weighted by Crippen LogP contribution is -2.44. The van der Waals surface area contributed by atoms with Gasteiger partial charge < -0.3 is 5.32 Å². The van der Waals surface area contributed by atoms with E-state index in [9.17, 15) is 0 Å². The van der Waals surface area contributed by atoms with Crippen molar-refractivity contribution in [1.29, 1.82) is 0 Å². The highest BCUT2D eigenvalue weighted by Gasteiger charge is 2.29. The molecule has 0 aromatic heterocycles. The van der Waals surface area contributed by atoms with Crippen LogP contribution >= 0.6 is 0 Å². The van der Waals surface area contributed by atoms with Crippen LogP contribution in [0.1, 0.15) is 46.1 Å². The molecule has 0 aliphatic carbocycles. The lowest BCUT2D eigenvalue weighted by atomic mass is 9.76. The summed E-state index contributed by atoms with van der Waals surface area (Å²) in [6.45, 7) is 10.2. The van der Waals surface area contributed by atoms with Gasteiger partial charge in [-0.1, -0.05) is 64.4 Å². The van der Waals surface area contributed by atoms with Gasteiger partial charge in [-0.2, -0.15) is 0 Å². The van der Waals surface area contributed by atoms with E-state index in [0.29, 0.717) is 6.04 Å². The molecule has 1 heteroatoms. The van der Waals surface area contributed by atoms with Crippen molar-refractivity contribution in [2.24, 2.45) is 0 Å². The predicted molar refractivity (Wildman–Crippen MR) is 71.8 cm³/mol. The van der Waals surface area contributed by atoms with Crippen molar-refractivity contribution in [3.05, 3.63) is 35.9 Å². The van der Waals surface area contributed by atoms with E-state index in [2.05, 4.69) is 63.3 Å². The standard InChI is InChI=1S/C15H25N/c1-5-10-14(16-6-2)15(3,4)13-11-8-7-9-12-13/h7-9,11-12,14,16H,5-6,10H2,1-4H3. The Hall–Kier alpha value is -0.820. The van der Waals surface area contributed by atoms with Gasteiger partial charge in [-0.25, -0.2) is 0 Å². The molecule has 1 aromatic carbocycles. The minimum absolute atomic E-state index is 0.202. The zero-order valence-electron chi connectivity index (χ0n) is 11.1. The van der Waals surface area contributed by atoms with Crippen LogP contribution in [0, 0.1) is 0 Å². The maximum atomic E-state index is 3.62. The Labute approximate surface area is 100 Å². The molecule has 0 saturated carbocycles. The smallest absolute Gasteiger partial charge is 0.0158 e. The Morgan fingerprint density at radius 3 is 2.25 bits per heavy atom. The Balaban J connectivity index is 2.88. The maximum Gasteiger partial charge on any atom is 0.0158 e. The number of likely N-dealkylation sites (N-methyl/N-ethyl adjacent to an activating group) is 1. The first-order chi connectivity index (χ1) is 7.62. The Bertz CT molecular complexity index is 284. The van der Waals surface area contributed by atoms with Gasteiger partial charge in [0.1, 0.15) is 0 Å². The fraction of sp³-hybridized carbons (Fsp3) is 0.600. The highest BCUT2D eigenvalue weighted by Crippen LogP contribution is 2.29. The van der Waals surface area contributed by atoms with Gasteiger partial charge in [0, 0.05) is 11.5 Å². The molecule has 0 fully saturated rings. The number of rotatable bonds is 6. The van der Waals surface area contributed by atoms with Crippen LogP contribution in [0.3, 0.4) is 0 Å². The molecule has 0 aliphatic rings. The van der Waals surface area contributed by atoms with E-state index < -0.39 is 0 Å². The van der Waals surface area contributed by atoms with E-state index in [1.165, 1.54) is 18.4 Å². The normalized spacial score (nSPS) is 13.8. The van der Waals surface area contributed by atoms with Crippen molar-refractivity contribution in [2.75, 3.05) is 6.54 Å². The van der Waals surface area contributed by atoms with Crippen LogP contribution in [0.5, 0.6) is 0 Å². The van der Waals surface area contributed by atoms with Crippen LogP contribution < -0.4 is 5.32 Å². The highest BCUT2D eigenvalue weighted by molar-refractivity contribution is 5.25. The van der Waals surface area contributed by atoms with Gasteiger partial charge in [0.25, 0.3) is 0 Å². The van der Waals surface area contributed by atoms with Crippen LogP contribution in [0.15, 0.2) is 30.3 Å². The third-order valence-electron chi connectivity index (χ3n) is 3.42. The summed E-state index contributed by atoms with van der Waals surface area (Å²) in [6, 6.07) is 11.4. The predicted octanol–water partition coefficient (Wildman–Crippen LogP) is 3.74. The van der Waals surface area contributed by atoms with E-state index >= 15 is 0 Å². The average Bonchev–Trinajstić information content (AvgIpc) is 2.30. The number of benzene rings is 1. The first-order valence-corrected chi connectivity index (χ1v) is 6.41. The molecule has 1 aromatic rings. The van der Waals surface area contributed by atoms with Crippen molar-refractivity contribution in [3.8, 4) is 0 Å². The summed E-state index contributed by atoms with van der Waals surface area (Å²) in [5.41, 5.74) is 1.63. The second-order valence-electron chi connectivity index (χ2n) is 4.99. The van der Waals surface area contributed by atoms with Crippen LogP contribution in [0.2, 0.25) is 0 Å². The van der Waals surface area contributed by atoms with Crippen molar-refractivity contribution in [2.45, 2.75) is 52.0 Å². The zero-order valence-corrected chi connectivity index (χ0v) is 11.1. The van der Waals surface area contributed by atoms with Gasteiger partial charge in [-0.05, 0) is 18.5 Å². The molecular weight excluding hydrogens is 194 g/mol. The fourth-order valence-electron chi connectivity index (χ4n) is 2.32. The van der Waals surface area contributed by atoms with Crippen molar-refractivity contribution in [3.63, 3.8) is 0 Å². The quantitative estimate of drug-likeness (QED) is 0.768. The number of hydrogen-bond donors (Lipinski definition) is 1. The maximum absolute atomic E-state index is 3.62. The summed E-state index contributed by atoms with van der Waals surface area (Å²) in [5, 5.41) is 3.62. The Morgan fingerprint density at radius 1 is 1.12 bits per heavy atom. The third-order valence-corrected chi connectivity index (χ3v) is 3.42. The SMILES string of the molecule is CCCC(NCC)C(C)(C)c1ccccc1. The molecule has 1 rings (SSSR count). The van der Waals surface area contributed by atoms with Gasteiger partial charge in [-0.3, -0.25) is 0 Å². The van der Waals surface area contributed by atoms with Gasteiger partial charge >= 0.3 is 0 Å². The lowest BCUT2D eigenvalue weighted by Gasteiger charge is -2.35. The molecule has 1 N–H and O–H groups in total. The lowest BCUT2D eigenvalue weighted by molar-refractivity contribution is 0.325. The largest absolute Gasteiger partial charge is 0.313 e. The molecule has 0 bridgehead atoms. The number of nitrogens with one attached hydrogen (secondary N) is 1. The van der Waals surface area contributed by atoms with Crippen molar-refractivity contribution >= 4 is 0 Å². The summed E-state index contributed by atoms with van der Waals surface area (Å²) < 4.78 is 0. The monoisotopic (exact) mass is 219 g/mol. The summed E-state index contributed by atoms with van der Waals surface area (Å²) in [5.74, 6) is 0. The molecule has 0 aliphatic heterocycles. The van der Waals surface area contributed by atoms with Crippen LogP contribution in [0.25, 0.3) is 0 Å². The average molecular weight is 219 g/mol. The molecule has 0 spiro atoms. The summed E-state index contributed by atoms with van der Waals surface area (Å²) in [7, 11) is 0. The fourth-order valence-corrected chi connectivity index (χ4v) is 2.32. The van der Waals surface area contributed by atoms with E-state index in [1.807, 2.05) is 0 Å². The topological polar surface area (TPSA) is 12.0 Å². The molecule has 1 atom stereocenters. The molecule has 0 saturated heterocycles. The minimum atomic E-state index is 0.202. The van der Waals surface area contributed by atoms with Gasteiger partial charge in [0.2, 0.25) is 0 Å². The first kappa shape index (κ1) is 13.2. The van der Waals surface area contributed by atoms with Crippen LogP contribution in [-0.2, 0) is 5.41 Å². The number of hydrogen-bond acceptors (Lipinski definition) is 1. The molecule has 0 radical (unpaired) electrons. The molecule has 90 valence electrons. The van der Waals surface area contributed by atoms with E-state index in [-0.39, 0.29) is 5.41 Å². The van der Waals surface area contributed by atoms with Gasteiger partial charge in [-0.15, -0.1) is 0 Å². The molecular formula is C15H25N. The molecule has 16 heavy (non-hydrogen) atoms. The van der Waals surface area contributed by atoms with Crippen LogP contribution in [-0.4, -0.2) is 12.6 Å². The molecule has 0 amide bonds. The Morgan fingerprint density at radius 2 is 1.75 bits per heavy atom. The summed E-state index contributed by atoms with van der Waals surface area (Å²) in [6.07, 6.45) is 2.46. The van der Waals surface area contributed by atoms with Gasteiger partial charge in [0.15, 0.2) is 0 Å². The minimum Gasteiger partial charge on any atom is -0.313 e. The molecule has 1 unspecified atom stereocenters.